The Bertz CT molecular complexity index is 405. The van der Waals surface area contributed by atoms with Crippen molar-refractivity contribution in [1.82, 2.24) is 4.98 Å². The molecule has 84 valence electrons. The minimum Gasteiger partial charge on any atom is -0.477 e. The molecule has 0 spiro atoms. The number of nitrogens with zero attached hydrogens (tertiary/aromatic N) is 2. The zero-order chi connectivity index (χ0) is 11.4. The summed E-state index contributed by atoms with van der Waals surface area (Å²) in [6.07, 6.45) is 6.79. The highest BCUT2D eigenvalue weighted by Gasteiger charge is 2.17. The van der Waals surface area contributed by atoms with Gasteiger partial charge < -0.3 is 4.74 Å². The Balaban J connectivity index is 1.93. The van der Waals surface area contributed by atoms with Crippen LogP contribution in [-0.4, -0.2) is 11.6 Å². The van der Waals surface area contributed by atoms with Gasteiger partial charge in [0.2, 0.25) is 5.88 Å². The molecule has 1 saturated carbocycles. The summed E-state index contributed by atoms with van der Waals surface area (Å²) < 4.78 is 5.58. The third-order valence-electron chi connectivity index (χ3n) is 3.23. The van der Waals surface area contributed by atoms with E-state index in [1.54, 1.807) is 6.20 Å². The van der Waals surface area contributed by atoms with Crippen molar-refractivity contribution in [2.24, 2.45) is 5.92 Å². The maximum absolute atomic E-state index is 9.00. The van der Waals surface area contributed by atoms with Crippen molar-refractivity contribution in [1.29, 1.82) is 5.26 Å². The molecule has 0 aliphatic heterocycles. The molecule has 1 aliphatic rings. The first-order chi connectivity index (χ1) is 7.81. The van der Waals surface area contributed by atoms with Crippen LogP contribution in [0.5, 0.6) is 5.88 Å². The Morgan fingerprint density at radius 1 is 1.56 bits per heavy atom. The van der Waals surface area contributed by atoms with Crippen LogP contribution in [0, 0.1) is 24.2 Å². The van der Waals surface area contributed by atoms with Crippen molar-refractivity contribution < 1.29 is 4.74 Å². The summed E-state index contributed by atoms with van der Waals surface area (Å²) in [4.78, 5) is 4.11. The van der Waals surface area contributed by atoms with E-state index < -0.39 is 0 Å². The minimum absolute atomic E-state index is 0.488. The maximum Gasteiger partial charge on any atom is 0.231 e. The minimum atomic E-state index is 0.488. The van der Waals surface area contributed by atoms with Crippen molar-refractivity contribution in [2.75, 3.05) is 6.61 Å². The van der Waals surface area contributed by atoms with E-state index in [2.05, 4.69) is 11.1 Å². The van der Waals surface area contributed by atoms with E-state index in [1.165, 1.54) is 19.3 Å². The first kappa shape index (κ1) is 10.9. The van der Waals surface area contributed by atoms with Gasteiger partial charge in [-0.15, -0.1) is 0 Å². The zero-order valence-corrected chi connectivity index (χ0v) is 9.57. The first-order valence-electron chi connectivity index (χ1n) is 5.79. The number of hydrogen-bond donors (Lipinski definition) is 0. The predicted octanol–water partition coefficient (Wildman–Crippen LogP) is 2.83. The van der Waals surface area contributed by atoms with Crippen LogP contribution in [0.3, 0.4) is 0 Å². The molecule has 3 heteroatoms. The Kier molecular flexibility index (Phi) is 3.40. The summed E-state index contributed by atoms with van der Waals surface area (Å²) >= 11 is 0. The molecule has 2 rings (SSSR count). The Hall–Kier alpha value is -1.56. The molecule has 1 aliphatic carbocycles. The monoisotopic (exact) mass is 216 g/mol. The van der Waals surface area contributed by atoms with Crippen LogP contribution in [0.4, 0.5) is 0 Å². The molecule has 0 N–H and O–H groups in total. The summed E-state index contributed by atoms with van der Waals surface area (Å²) in [6, 6.07) is 3.97. The van der Waals surface area contributed by atoms with Crippen molar-refractivity contribution >= 4 is 0 Å². The van der Waals surface area contributed by atoms with E-state index in [0.717, 1.165) is 17.9 Å². The second-order valence-electron chi connectivity index (χ2n) is 4.35. The van der Waals surface area contributed by atoms with Gasteiger partial charge >= 0.3 is 0 Å². The molecule has 0 radical (unpaired) electrons. The maximum atomic E-state index is 9.00. The normalized spacial score (nSPS) is 15.2. The van der Waals surface area contributed by atoms with Gasteiger partial charge in [0, 0.05) is 6.20 Å². The molecule has 0 unspecified atom stereocenters. The summed E-state index contributed by atoms with van der Waals surface area (Å²) in [5, 5.41) is 9.00. The average Bonchev–Trinajstić information content (AvgIpc) is 2.22. The third-order valence-corrected chi connectivity index (χ3v) is 3.23. The number of nitriles is 1. The second-order valence-corrected chi connectivity index (χ2v) is 4.35. The highest BCUT2D eigenvalue weighted by atomic mass is 16.5. The molecular formula is C13H16N2O. The van der Waals surface area contributed by atoms with Gasteiger partial charge in [0.15, 0.2) is 0 Å². The van der Waals surface area contributed by atoms with Crippen molar-refractivity contribution in [2.45, 2.75) is 32.6 Å². The standard InChI is InChI=1S/C13H16N2O/c1-10-5-7-15-13(12(10)9-14)16-8-6-11-3-2-4-11/h5,7,11H,2-4,6,8H2,1H3. The van der Waals surface area contributed by atoms with Crippen LogP contribution in [-0.2, 0) is 0 Å². The predicted molar refractivity (Wildman–Crippen MR) is 61.1 cm³/mol. The summed E-state index contributed by atoms with van der Waals surface area (Å²) in [7, 11) is 0. The number of ether oxygens (including phenoxy) is 1. The first-order valence-corrected chi connectivity index (χ1v) is 5.79. The lowest BCUT2D eigenvalue weighted by molar-refractivity contribution is 0.217. The van der Waals surface area contributed by atoms with Gasteiger partial charge in [-0.2, -0.15) is 5.26 Å². The highest BCUT2D eigenvalue weighted by molar-refractivity contribution is 5.43. The second kappa shape index (κ2) is 4.98. The highest BCUT2D eigenvalue weighted by Crippen LogP contribution is 2.29. The molecule has 1 heterocycles. The molecule has 0 saturated heterocycles. The molecule has 0 aromatic carbocycles. The van der Waals surface area contributed by atoms with E-state index in [4.69, 9.17) is 10.00 Å². The van der Waals surface area contributed by atoms with Crippen molar-refractivity contribution in [3.63, 3.8) is 0 Å². The Morgan fingerprint density at radius 2 is 2.38 bits per heavy atom. The molecular weight excluding hydrogens is 200 g/mol. The Labute approximate surface area is 96.1 Å². The van der Waals surface area contributed by atoms with Crippen LogP contribution in [0.25, 0.3) is 0 Å². The zero-order valence-electron chi connectivity index (χ0n) is 9.57. The SMILES string of the molecule is Cc1ccnc(OCCC2CCC2)c1C#N. The van der Waals surface area contributed by atoms with Crippen LogP contribution in [0.15, 0.2) is 12.3 Å². The largest absolute Gasteiger partial charge is 0.477 e. The van der Waals surface area contributed by atoms with E-state index in [1.807, 2.05) is 13.0 Å². The van der Waals surface area contributed by atoms with E-state index >= 15 is 0 Å². The van der Waals surface area contributed by atoms with Gasteiger partial charge in [0.1, 0.15) is 11.6 Å². The van der Waals surface area contributed by atoms with Crippen LogP contribution in [0.1, 0.15) is 36.8 Å². The van der Waals surface area contributed by atoms with E-state index in [0.29, 0.717) is 18.1 Å². The fraction of sp³-hybridized carbons (Fsp3) is 0.538. The molecule has 1 fully saturated rings. The van der Waals surface area contributed by atoms with Crippen molar-refractivity contribution in [3.05, 3.63) is 23.4 Å². The lowest BCUT2D eigenvalue weighted by Gasteiger charge is -2.24. The number of aromatic nitrogens is 1. The van der Waals surface area contributed by atoms with Crippen LogP contribution >= 0.6 is 0 Å². The van der Waals surface area contributed by atoms with Gasteiger partial charge in [0.05, 0.1) is 6.61 Å². The molecule has 16 heavy (non-hydrogen) atoms. The fourth-order valence-corrected chi connectivity index (χ4v) is 1.88. The quantitative estimate of drug-likeness (QED) is 0.777. The van der Waals surface area contributed by atoms with Gasteiger partial charge in [-0.25, -0.2) is 4.98 Å². The molecule has 0 amide bonds. The number of aryl methyl sites for hydroxylation is 1. The van der Waals surface area contributed by atoms with Crippen LogP contribution < -0.4 is 4.74 Å². The van der Waals surface area contributed by atoms with E-state index in [9.17, 15) is 0 Å². The average molecular weight is 216 g/mol. The van der Waals surface area contributed by atoms with Crippen LogP contribution in [0.2, 0.25) is 0 Å². The Morgan fingerprint density at radius 3 is 3.00 bits per heavy atom. The topological polar surface area (TPSA) is 45.9 Å². The van der Waals surface area contributed by atoms with Crippen molar-refractivity contribution in [3.8, 4) is 11.9 Å². The smallest absolute Gasteiger partial charge is 0.231 e. The van der Waals surface area contributed by atoms with Gasteiger partial charge in [-0.05, 0) is 30.9 Å². The third kappa shape index (κ3) is 2.33. The number of hydrogen-bond acceptors (Lipinski definition) is 3. The lowest BCUT2D eigenvalue weighted by atomic mass is 9.83. The molecule has 0 atom stereocenters. The fourth-order valence-electron chi connectivity index (χ4n) is 1.88. The molecule has 0 bridgehead atoms. The number of pyridine rings is 1. The van der Waals surface area contributed by atoms with E-state index in [-0.39, 0.29) is 0 Å². The summed E-state index contributed by atoms with van der Waals surface area (Å²) in [6.45, 7) is 2.58. The lowest BCUT2D eigenvalue weighted by Crippen LogP contribution is -2.15. The molecule has 1 aromatic heterocycles. The summed E-state index contributed by atoms with van der Waals surface area (Å²) in [5.74, 6) is 1.32. The van der Waals surface area contributed by atoms with Gasteiger partial charge in [-0.3, -0.25) is 0 Å². The van der Waals surface area contributed by atoms with Gasteiger partial charge in [-0.1, -0.05) is 19.3 Å². The number of rotatable bonds is 4. The molecule has 1 aromatic rings. The summed E-state index contributed by atoms with van der Waals surface area (Å²) in [5.41, 5.74) is 1.49. The molecule has 3 nitrogen and oxygen atoms in total. The van der Waals surface area contributed by atoms with Gasteiger partial charge in [0.25, 0.3) is 0 Å².